The fourth-order valence-electron chi connectivity index (χ4n) is 5.36. The highest BCUT2D eigenvalue weighted by Gasteiger charge is 2.37. The quantitative estimate of drug-likeness (QED) is 0.335. The monoisotopic (exact) mass is 559 g/mol. The Labute approximate surface area is 231 Å². The van der Waals surface area contributed by atoms with Gasteiger partial charge in [0.1, 0.15) is 24.2 Å². The van der Waals surface area contributed by atoms with E-state index < -0.39 is 15.9 Å². The topological polar surface area (TPSA) is 119 Å². The number of para-hydroxylation sites is 1. The van der Waals surface area contributed by atoms with Gasteiger partial charge in [0.15, 0.2) is 9.84 Å². The molecule has 1 amide bonds. The van der Waals surface area contributed by atoms with Gasteiger partial charge in [-0.1, -0.05) is 18.2 Å². The van der Waals surface area contributed by atoms with E-state index in [0.29, 0.717) is 28.7 Å². The number of carbonyl (C=O) groups excluding carboxylic acids is 1. The number of ether oxygens (including phenoxy) is 2. The first-order valence-electron chi connectivity index (χ1n) is 12.9. The Morgan fingerprint density at radius 3 is 2.70 bits per heavy atom. The van der Waals surface area contributed by atoms with E-state index in [-0.39, 0.29) is 30.5 Å². The Morgan fingerprint density at radius 1 is 1.07 bits per heavy atom. The second kappa shape index (κ2) is 9.98. The van der Waals surface area contributed by atoms with Gasteiger partial charge in [0.2, 0.25) is 11.8 Å². The average molecular weight is 560 g/mol. The van der Waals surface area contributed by atoms with Crippen molar-refractivity contribution < 1.29 is 22.7 Å². The Hall–Kier alpha value is -4.38. The van der Waals surface area contributed by atoms with Gasteiger partial charge in [-0.2, -0.15) is 0 Å². The summed E-state index contributed by atoms with van der Waals surface area (Å²) < 4.78 is 38.3. The number of fused-ring (bicyclic) bond motifs is 2. The summed E-state index contributed by atoms with van der Waals surface area (Å²) in [6.45, 7) is 2.10. The summed E-state index contributed by atoms with van der Waals surface area (Å²) >= 11 is 0. The van der Waals surface area contributed by atoms with E-state index in [1.807, 2.05) is 66.1 Å². The summed E-state index contributed by atoms with van der Waals surface area (Å²) in [6.07, 6.45) is 1.63. The van der Waals surface area contributed by atoms with E-state index in [9.17, 15) is 13.2 Å². The van der Waals surface area contributed by atoms with Gasteiger partial charge in [-0.05, 0) is 37.3 Å². The molecule has 0 radical (unpaired) electrons. The third-order valence-electron chi connectivity index (χ3n) is 7.45. The van der Waals surface area contributed by atoms with Crippen molar-refractivity contribution in [2.24, 2.45) is 0 Å². The van der Waals surface area contributed by atoms with E-state index in [0.717, 1.165) is 27.5 Å². The number of amides is 1. The fourth-order valence-corrected chi connectivity index (χ4v) is 6.82. The van der Waals surface area contributed by atoms with Gasteiger partial charge in [-0.3, -0.25) is 4.79 Å². The van der Waals surface area contributed by atoms with Crippen LogP contribution in [0, 0.1) is 6.92 Å². The van der Waals surface area contributed by atoms with Crippen molar-refractivity contribution in [3.8, 4) is 22.9 Å². The van der Waals surface area contributed by atoms with E-state index >= 15 is 0 Å². The number of pyridine rings is 1. The molecule has 3 aromatic heterocycles. The lowest BCUT2D eigenvalue weighted by molar-refractivity contribution is -0.134. The molecule has 1 saturated heterocycles. The van der Waals surface area contributed by atoms with Crippen molar-refractivity contribution >= 4 is 37.6 Å². The molecule has 6 rings (SSSR count). The predicted molar refractivity (Wildman–Crippen MR) is 152 cm³/mol. The number of sulfone groups is 1. The van der Waals surface area contributed by atoms with Crippen LogP contribution in [-0.2, 0) is 21.2 Å². The molecule has 206 valence electrons. The molecule has 0 bridgehead atoms. The summed E-state index contributed by atoms with van der Waals surface area (Å²) in [6, 6.07) is 16.7. The number of rotatable bonds is 6. The highest BCUT2D eigenvalue weighted by Crippen LogP contribution is 2.33. The first kappa shape index (κ1) is 25.9. The number of hydrogen-bond acceptors (Lipinski definition) is 7. The number of H-pyrrole nitrogens is 1. The molecule has 0 spiro atoms. The Bertz CT molecular complexity index is 1860. The van der Waals surface area contributed by atoms with Gasteiger partial charge < -0.3 is 23.9 Å². The number of methoxy groups -OCH3 is 2. The summed E-state index contributed by atoms with van der Waals surface area (Å²) in [5.74, 6) is 1.03. The van der Waals surface area contributed by atoms with Crippen LogP contribution in [0.5, 0.6) is 11.6 Å². The number of aromatic nitrogens is 4. The first-order valence-corrected chi connectivity index (χ1v) is 14.7. The van der Waals surface area contributed by atoms with Crippen LogP contribution >= 0.6 is 0 Å². The fraction of sp³-hybridized carbons (Fsp3) is 0.276. The van der Waals surface area contributed by atoms with Gasteiger partial charge in [0.25, 0.3) is 0 Å². The Kier molecular flexibility index (Phi) is 6.46. The maximum absolute atomic E-state index is 13.7. The van der Waals surface area contributed by atoms with Crippen molar-refractivity contribution in [3.63, 3.8) is 0 Å². The zero-order valence-corrected chi connectivity index (χ0v) is 23.2. The molecule has 1 N–H and O–H groups in total. The molecule has 11 heteroatoms. The van der Waals surface area contributed by atoms with Crippen LogP contribution in [-0.4, -0.2) is 71.0 Å². The molecule has 2 aromatic carbocycles. The summed E-state index contributed by atoms with van der Waals surface area (Å²) in [7, 11) is -0.218. The number of nitrogens with zero attached hydrogens (tertiary/aromatic N) is 4. The molecule has 5 aromatic rings. The van der Waals surface area contributed by atoms with Gasteiger partial charge >= 0.3 is 0 Å². The molecule has 1 aliphatic heterocycles. The van der Waals surface area contributed by atoms with Crippen LogP contribution in [0.15, 0.2) is 60.8 Å². The number of hydrogen-bond donors (Lipinski definition) is 1. The van der Waals surface area contributed by atoms with Crippen molar-refractivity contribution in [2.45, 2.75) is 19.5 Å². The number of imidazole rings is 1. The van der Waals surface area contributed by atoms with Crippen LogP contribution in [0.4, 0.5) is 0 Å². The third-order valence-corrected chi connectivity index (χ3v) is 9.08. The molecule has 1 fully saturated rings. The molecule has 1 aliphatic rings. The average Bonchev–Trinajstić information content (AvgIpc) is 3.56. The van der Waals surface area contributed by atoms with Crippen LogP contribution in [0.1, 0.15) is 17.6 Å². The second-order valence-electron chi connectivity index (χ2n) is 9.93. The molecule has 4 heterocycles. The van der Waals surface area contributed by atoms with Gasteiger partial charge in [0, 0.05) is 29.1 Å². The van der Waals surface area contributed by atoms with Crippen LogP contribution in [0.2, 0.25) is 0 Å². The van der Waals surface area contributed by atoms with Gasteiger partial charge in [-0.15, -0.1) is 0 Å². The van der Waals surface area contributed by atoms with Crippen LogP contribution in [0.3, 0.4) is 0 Å². The Morgan fingerprint density at radius 2 is 1.90 bits per heavy atom. The largest absolute Gasteiger partial charge is 0.497 e. The van der Waals surface area contributed by atoms with Crippen molar-refractivity contribution in [3.05, 3.63) is 72.3 Å². The minimum absolute atomic E-state index is 0.0645. The lowest BCUT2D eigenvalue weighted by atomic mass is 10.1. The summed E-state index contributed by atoms with van der Waals surface area (Å²) in [5.41, 5.74) is 3.92. The van der Waals surface area contributed by atoms with Gasteiger partial charge in [0.05, 0.1) is 54.2 Å². The SMILES string of the molecule is COc1ccc2cc(C)n(CC(=O)N3CCS(=O)(=O)CC3c3ncc(-c4cc5ccccc5nc4OC)[nH]3)c2c1. The number of aryl methyl sites for hydroxylation is 1. The molecule has 0 saturated carbocycles. The van der Waals surface area contributed by atoms with Crippen molar-refractivity contribution in [1.82, 2.24) is 24.4 Å². The van der Waals surface area contributed by atoms with E-state index in [2.05, 4.69) is 15.0 Å². The highest BCUT2D eigenvalue weighted by atomic mass is 32.2. The summed E-state index contributed by atoms with van der Waals surface area (Å²) in [5, 5.41) is 1.93. The second-order valence-corrected chi connectivity index (χ2v) is 12.2. The van der Waals surface area contributed by atoms with Crippen LogP contribution in [0.25, 0.3) is 33.1 Å². The molecular formula is C29H29N5O5S. The molecule has 1 atom stereocenters. The zero-order chi connectivity index (χ0) is 28.0. The maximum atomic E-state index is 13.7. The molecule has 10 nitrogen and oxygen atoms in total. The maximum Gasteiger partial charge on any atom is 0.243 e. The number of nitrogens with one attached hydrogen (secondary N) is 1. The molecule has 1 unspecified atom stereocenters. The number of benzene rings is 2. The zero-order valence-electron chi connectivity index (χ0n) is 22.4. The standard InChI is InChI=1S/C29H29N5O5S/c1-18-12-20-8-9-21(38-2)14-25(20)34(18)16-27(35)33-10-11-40(36,37)17-26(33)28-30-15-24(31-28)22-13-19-6-4-5-7-23(19)32-29(22)39-3/h4-9,12-15,26H,10-11,16-17H2,1-3H3,(H,30,31). The molecular weight excluding hydrogens is 530 g/mol. The first-order chi connectivity index (χ1) is 19.3. The third kappa shape index (κ3) is 4.66. The van der Waals surface area contributed by atoms with E-state index in [4.69, 9.17) is 9.47 Å². The Balaban J connectivity index is 1.34. The van der Waals surface area contributed by atoms with E-state index in [1.165, 1.54) is 0 Å². The summed E-state index contributed by atoms with van der Waals surface area (Å²) in [4.78, 5) is 27.8. The lowest BCUT2D eigenvalue weighted by Crippen LogP contribution is -2.47. The lowest BCUT2D eigenvalue weighted by Gasteiger charge is -2.34. The molecule has 0 aliphatic carbocycles. The minimum atomic E-state index is -3.37. The predicted octanol–water partition coefficient (Wildman–Crippen LogP) is 3.90. The smallest absolute Gasteiger partial charge is 0.243 e. The number of aromatic amines is 1. The van der Waals surface area contributed by atoms with E-state index in [1.54, 1.807) is 25.3 Å². The van der Waals surface area contributed by atoms with Crippen molar-refractivity contribution in [1.29, 1.82) is 0 Å². The minimum Gasteiger partial charge on any atom is -0.497 e. The highest BCUT2D eigenvalue weighted by molar-refractivity contribution is 7.91. The van der Waals surface area contributed by atoms with Crippen molar-refractivity contribution in [2.75, 3.05) is 32.3 Å². The van der Waals surface area contributed by atoms with Crippen LogP contribution < -0.4 is 9.47 Å². The number of carbonyl (C=O) groups is 1. The van der Waals surface area contributed by atoms with Gasteiger partial charge in [-0.25, -0.2) is 18.4 Å². The normalized spacial score (nSPS) is 16.9. The molecule has 40 heavy (non-hydrogen) atoms.